The van der Waals surface area contributed by atoms with Gasteiger partial charge in [0.15, 0.2) is 6.29 Å². The van der Waals surface area contributed by atoms with Crippen molar-refractivity contribution in [3.05, 3.63) is 41.7 Å². The molecule has 198 valence electrons. The van der Waals surface area contributed by atoms with Crippen molar-refractivity contribution < 1.29 is 28.1 Å². The standard InChI is InChI=1S/C30H41FO5/c1-19-9-12-25-29(2,15-13-26-30(25,3)18-35-28(36-26)20-7-5-6-8-20)23(19)14-16-34-24-17-21(31)10-11-22(24)27(32)33-4/h10-11,17,20,23,25-26,28H,1,5-9,12-16,18H2,2-4H3/t23-,25?,26-,28-,29+,30+/m1/s1. The quantitative estimate of drug-likeness (QED) is 0.321. The zero-order valence-corrected chi connectivity index (χ0v) is 22.0. The molecule has 1 aromatic carbocycles. The van der Waals surface area contributed by atoms with E-state index in [0.29, 0.717) is 18.4 Å². The third-order valence-corrected chi connectivity index (χ3v) is 9.97. The summed E-state index contributed by atoms with van der Waals surface area (Å²) in [6, 6.07) is 3.92. The molecule has 0 radical (unpaired) electrons. The maximum atomic E-state index is 13.9. The van der Waals surface area contributed by atoms with Crippen LogP contribution in [0.5, 0.6) is 5.75 Å². The van der Waals surface area contributed by atoms with E-state index in [4.69, 9.17) is 18.9 Å². The van der Waals surface area contributed by atoms with Crippen LogP contribution in [0, 0.1) is 34.4 Å². The zero-order valence-electron chi connectivity index (χ0n) is 22.0. The molecule has 0 spiro atoms. The first-order chi connectivity index (χ1) is 17.3. The number of carbonyl (C=O) groups excluding carboxylic acids is 1. The molecule has 3 aliphatic carbocycles. The Balaban J connectivity index is 1.29. The van der Waals surface area contributed by atoms with Gasteiger partial charge in [-0.2, -0.15) is 0 Å². The molecule has 5 nitrogen and oxygen atoms in total. The topological polar surface area (TPSA) is 54.0 Å². The van der Waals surface area contributed by atoms with Gasteiger partial charge in [0.25, 0.3) is 0 Å². The number of rotatable bonds is 6. The molecule has 6 atom stereocenters. The van der Waals surface area contributed by atoms with Crippen LogP contribution in [-0.2, 0) is 14.2 Å². The zero-order chi connectivity index (χ0) is 25.5. The van der Waals surface area contributed by atoms with Crippen molar-refractivity contribution in [3.63, 3.8) is 0 Å². The van der Waals surface area contributed by atoms with Crippen LogP contribution < -0.4 is 4.74 Å². The van der Waals surface area contributed by atoms with Crippen molar-refractivity contribution in [2.24, 2.45) is 28.6 Å². The highest BCUT2D eigenvalue weighted by atomic mass is 19.1. The number of ether oxygens (including phenoxy) is 4. The van der Waals surface area contributed by atoms with E-state index in [-0.39, 0.29) is 40.5 Å². The smallest absolute Gasteiger partial charge is 0.341 e. The lowest BCUT2D eigenvalue weighted by Crippen LogP contribution is -2.62. The van der Waals surface area contributed by atoms with Crippen LogP contribution in [0.1, 0.15) is 82.0 Å². The molecule has 0 bridgehead atoms. The fourth-order valence-electron chi connectivity index (χ4n) is 8.04. The molecule has 5 rings (SSSR count). The first-order valence-corrected chi connectivity index (χ1v) is 13.7. The second-order valence-electron chi connectivity index (χ2n) is 12.0. The predicted molar refractivity (Wildman–Crippen MR) is 135 cm³/mol. The lowest BCUT2D eigenvalue weighted by molar-refractivity contribution is -0.316. The molecule has 3 saturated carbocycles. The van der Waals surface area contributed by atoms with E-state index >= 15 is 0 Å². The van der Waals surface area contributed by atoms with E-state index in [0.717, 1.165) is 38.7 Å². The Morgan fingerprint density at radius 3 is 2.69 bits per heavy atom. The highest BCUT2D eigenvalue weighted by Gasteiger charge is 2.60. The molecule has 1 heterocycles. The molecule has 4 aliphatic rings. The van der Waals surface area contributed by atoms with Crippen LogP contribution >= 0.6 is 0 Å². The molecule has 1 aliphatic heterocycles. The lowest BCUT2D eigenvalue weighted by Gasteiger charge is -2.63. The molecule has 0 amide bonds. The van der Waals surface area contributed by atoms with E-state index in [2.05, 4.69) is 20.4 Å². The van der Waals surface area contributed by atoms with Gasteiger partial charge in [0, 0.05) is 17.4 Å². The summed E-state index contributed by atoms with van der Waals surface area (Å²) in [6.07, 6.45) is 10.2. The van der Waals surface area contributed by atoms with Gasteiger partial charge in [-0.3, -0.25) is 0 Å². The molecule has 1 saturated heterocycles. The summed E-state index contributed by atoms with van der Waals surface area (Å²) in [5.74, 6) is 0.578. The second-order valence-corrected chi connectivity index (χ2v) is 12.0. The van der Waals surface area contributed by atoms with Crippen LogP contribution in [0.3, 0.4) is 0 Å². The fourth-order valence-corrected chi connectivity index (χ4v) is 8.04. The number of methoxy groups -OCH3 is 1. The average Bonchev–Trinajstić information content (AvgIpc) is 3.40. The van der Waals surface area contributed by atoms with Crippen LogP contribution in [0.2, 0.25) is 0 Å². The SMILES string of the molecule is C=C1CCC2[C@]3(C)CO[C@@H](C4CCCC4)O[C@@H]3CC[C@@]2(C)[C@@H]1CCOc1cc(F)ccc1C(=O)OC. The summed E-state index contributed by atoms with van der Waals surface area (Å²) in [5, 5.41) is 0. The van der Waals surface area contributed by atoms with Crippen molar-refractivity contribution in [2.75, 3.05) is 20.3 Å². The largest absolute Gasteiger partial charge is 0.493 e. The Morgan fingerprint density at radius 2 is 1.94 bits per heavy atom. The molecule has 1 unspecified atom stereocenters. The van der Waals surface area contributed by atoms with Crippen molar-refractivity contribution in [1.29, 1.82) is 0 Å². The van der Waals surface area contributed by atoms with E-state index in [1.807, 2.05) is 0 Å². The maximum Gasteiger partial charge on any atom is 0.341 e. The van der Waals surface area contributed by atoms with Crippen molar-refractivity contribution >= 4 is 5.97 Å². The van der Waals surface area contributed by atoms with Gasteiger partial charge < -0.3 is 18.9 Å². The fraction of sp³-hybridized carbons (Fsp3) is 0.700. The molecule has 0 aromatic heterocycles. The highest BCUT2D eigenvalue weighted by molar-refractivity contribution is 5.92. The second kappa shape index (κ2) is 10.1. The molecular formula is C30H41FO5. The van der Waals surface area contributed by atoms with Crippen LogP contribution in [0.15, 0.2) is 30.4 Å². The van der Waals surface area contributed by atoms with Gasteiger partial charge in [-0.15, -0.1) is 0 Å². The van der Waals surface area contributed by atoms with E-state index in [1.165, 1.54) is 56.6 Å². The van der Waals surface area contributed by atoms with Gasteiger partial charge in [0.05, 0.1) is 26.4 Å². The number of hydrogen-bond donors (Lipinski definition) is 0. The Bertz CT molecular complexity index is 988. The minimum atomic E-state index is -0.529. The van der Waals surface area contributed by atoms with Crippen LogP contribution in [0.25, 0.3) is 0 Å². The number of carbonyl (C=O) groups is 1. The van der Waals surface area contributed by atoms with Gasteiger partial charge >= 0.3 is 5.97 Å². The minimum absolute atomic E-state index is 0.0114. The Hall–Kier alpha value is -1.92. The first kappa shape index (κ1) is 25.7. The van der Waals surface area contributed by atoms with Crippen molar-refractivity contribution in [2.45, 2.75) is 84.0 Å². The molecular weight excluding hydrogens is 459 g/mol. The van der Waals surface area contributed by atoms with Gasteiger partial charge in [-0.05, 0) is 74.3 Å². The van der Waals surface area contributed by atoms with Crippen LogP contribution in [-0.4, -0.2) is 38.7 Å². The Morgan fingerprint density at radius 1 is 1.17 bits per heavy atom. The number of benzene rings is 1. The van der Waals surface area contributed by atoms with E-state index in [1.54, 1.807) is 0 Å². The third kappa shape index (κ3) is 4.49. The maximum absolute atomic E-state index is 13.9. The summed E-state index contributed by atoms with van der Waals surface area (Å²) >= 11 is 0. The normalized spacial score (nSPS) is 36.7. The summed E-state index contributed by atoms with van der Waals surface area (Å²) in [4.78, 5) is 12.1. The average molecular weight is 501 g/mol. The van der Waals surface area contributed by atoms with Crippen molar-refractivity contribution in [1.82, 2.24) is 0 Å². The van der Waals surface area contributed by atoms with Crippen molar-refractivity contribution in [3.8, 4) is 5.75 Å². The molecule has 4 fully saturated rings. The van der Waals surface area contributed by atoms with Gasteiger partial charge in [-0.25, -0.2) is 9.18 Å². The van der Waals surface area contributed by atoms with Gasteiger partial charge in [0.2, 0.25) is 0 Å². The minimum Gasteiger partial charge on any atom is -0.493 e. The number of fused-ring (bicyclic) bond motifs is 3. The van der Waals surface area contributed by atoms with Gasteiger partial charge in [-0.1, -0.05) is 38.8 Å². The number of allylic oxidation sites excluding steroid dienone is 1. The summed E-state index contributed by atoms with van der Waals surface area (Å²) < 4.78 is 37.8. The number of halogens is 1. The molecule has 6 heteroatoms. The Kier molecular flexibility index (Phi) is 7.21. The van der Waals surface area contributed by atoms with Crippen LogP contribution in [0.4, 0.5) is 4.39 Å². The monoisotopic (exact) mass is 500 g/mol. The lowest BCUT2D eigenvalue weighted by atomic mass is 9.46. The number of esters is 1. The Labute approximate surface area is 214 Å². The summed E-state index contributed by atoms with van der Waals surface area (Å²) in [5.41, 5.74) is 1.58. The molecule has 36 heavy (non-hydrogen) atoms. The number of hydrogen-bond acceptors (Lipinski definition) is 5. The summed E-state index contributed by atoms with van der Waals surface area (Å²) in [7, 11) is 1.31. The molecule has 0 N–H and O–H groups in total. The highest BCUT2D eigenvalue weighted by Crippen LogP contribution is 2.63. The summed E-state index contributed by atoms with van der Waals surface area (Å²) in [6.45, 7) is 10.4. The van der Waals surface area contributed by atoms with Gasteiger partial charge in [0.1, 0.15) is 17.1 Å². The predicted octanol–water partition coefficient (Wildman–Crippen LogP) is 6.70. The van der Waals surface area contributed by atoms with E-state index < -0.39 is 11.8 Å². The van der Waals surface area contributed by atoms with E-state index in [9.17, 15) is 9.18 Å². The first-order valence-electron chi connectivity index (χ1n) is 13.7. The third-order valence-electron chi connectivity index (χ3n) is 9.97. The molecule has 1 aromatic rings.